The number of hydrogen-bond acceptors (Lipinski definition) is 4. The monoisotopic (exact) mass is 331 g/mol. The van der Waals surface area contributed by atoms with Crippen molar-refractivity contribution in [3.05, 3.63) is 29.8 Å². The molecule has 24 heavy (non-hydrogen) atoms. The summed E-state index contributed by atoms with van der Waals surface area (Å²) in [7, 11) is 2.20. The van der Waals surface area contributed by atoms with Crippen LogP contribution in [0.4, 0.5) is 0 Å². The smallest absolute Gasteiger partial charge is 0.260 e. The van der Waals surface area contributed by atoms with Gasteiger partial charge in [0.15, 0.2) is 6.61 Å². The summed E-state index contributed by atoms with van der Waals surface area (Å²) in [6.45, 7) is 8.18. The second-order valence-electron chi connectivity index (χ2n) is 7.05. The maximum Gasteiger partial charge on any atom is 0.260 e. The minimum Gasteiger partial charge on any atom is -0.484 e. The summed E-state index contributed by atoms with van der Waals surface area (Å²) in [5.74, 6) is 0.859. The minimum absolute atomic E-state index is 0.0959. The largest absolute Gasteiger partial charge is 0.484 e. The van der Waals surface area contributed by atoms with Crippen LogP contribution in [-0.4, -0.2) is 79.6 Å². The third kappa shape index (κ3) is 4.48. The molecular weight excluding hydrogens is 302 g/mol. The fourth-order valence-electron chi connectivity index (χ4n) is 3.57. The zero-order valence-electron chi connectivity index (χ0n) is 14.9. The minimum atomic E-state index is 0.0959. The van der Waals surface area contributed by atoms with E-state index in [1.807, 2.05) is 36.1 Å². The molecule has 0 bridgehead atoms. The number of piperidine rings is 1. The van der Waals surface area contributed by atoms with Gasteiger partial charge < -0.3 is 14.5 Å². The second kappa shape index (κ2) is 7.99. The van der Waals surface area contributed by atoms with Crippen molar-refractivity contribution >= 4 is 5.91 Å². The fourth-order valence-corrected chi connectivity index (χ4v) is 3.57. The van der Waals surface area contributed by atoms with Crippen molar-refractivity contribution in [3.63, 3.8) is 0 Å². The van der Waals surface area contributed by atoms with E-state index in [-0.39, 0.29) is 12.5 Å². The van der Waals surface area contributed by atoms with Crippen molar-refractivity contribution in [2.75, 3.05) is 52.9 Å². The highest BCUT2D eigenvalue weighted by Crippen LogP contribution is 2.18. The third-order valence-electron chi connectivity index (χ3n) is 5.25. The van der Waals surface area contributed by atoms with Crippen LogP contribution < -0.4 is 4.74 Å². The Kier molecular flexibility index (Phi) is 5.74. The van der Waals surface area contributed by atoms with E-state index < -0.39 is 0 Å². The molecule has 0 aliphatic carbocycles. The first kappa shape index (κ1) is 17.2. The van der Waals surface area contributed by atoms with Crippen LogP contribution in [0.5, 0.6) is 5.75 Å². The Morgan fingerprint density at radius 1 is 1.04 bits per heavy atom. The maximum atomic E-state index is 12.3. The van der Waals surface area contributed by atoms with Gasteiger partial charge in [-0.3, -0.25) is 9.69 Å². The summed E-state index contributed by atoms with van der Waals surface area (Å²) in [5.41, 5.74) is 1.19. The van der Waals surface area contributed by atoms with Gasteiger partial charge in [-0.15, -0.1) is 0 Å². The van der Waals surface area contributed by atoms with Crippen LogP contribution in [0.2, 0.25) is 0 Å². The van der Waals surface area contributed by atoms with E-state index in [2.05, 4.69) is 16.8 Å². The van der Waals surface area contributed by atoms with Crippen LogP contribution in [0.3, 0.4) is 0 Å². The van der Waals surface area contributed by atoms with Crippen molar-refractivity contribution in [2.24, 2.45) is 0 Å². The molecule has 1 aromatic carbocycles. The van der Waals surface area contributed by atoms with E-state index in [9.17, 15) is 4.79 Å². The molecule has 0 spiro atoms. The number of nitrogens with zero attached hydrogens (tertiary/aromatic N) is 3. The Labute approximate surface area is 145 Å². The van der Waals surface area contributed by atoms with Crippen molar-refractivity contribution in [1.82, 2.24) is 14.7 Å². The molecule has 2 aliphatic heterocycles. The second-order valence-corrected chi connectivity index (χ2v) is 7.05. The molecule has 2 aliphatic rings. The first-order valence-corrected chi connectivity index (χ1v) is 9.01. The van der Waals surface area contributed by atoms with Gasteiger partial charge in [0.1, 0.15) is 5.75 Å². The topological polar surface area (TPSA) is 36.0 Å². The lowest BCUT2D eigenvalue weighted by Crippen LogP contribution is -2.54. The molecule has 0 unspecified atom stereocenters. The zero-order chi connectivity index (χ0) is 16.9. The lowest BCUT2D eigenvalue weighted by molar-refractivity contribution is -0.135. The van der Waals surface area contributed by atoms with Gasteiger partial charge in [-0.25, -0.2) is 0 Å². The molecule has 0 radical (unpaired) electrons. The van der Waals surface area contributed by atoms with Crippen molar-refractivity contribution in [3.8, 4) is 5.75 Å². The van der Waals surface area contributed by atoms with Crippen LogP contribution in [0, 0.1) is 6.92 Å². The Morgan fingerprint density at radius 2 is 1.67 bits per heavy atom. The van der Waals surface area contributed by atoms with Crippen molar-refractivity contribution in [2.45, 2.75) is 25.8 Å². The summed E-state index contributed by atoms with van der Waals surface area (Å²) < 4.78 is 5.62. The van der Waals surface area contributed by atoms with Gasteiger partial charge in [-0.1, -0.05) is 17.7 Å². The van der Waals surface area contributed by atoms with Crippen LogP contribution in [0.25, 0.3) is 0 Å². The van der Waals surface area contributed by atoms with E-state index >= 15 is 0 Å². The molecule has 3 rings (SSSR count). The molecule has 0 atom stereocenters. The van der Waals surface area contributed by atoms with Gasteiger partial charge in [-0.05, 0) is 52.0 Å². The Hall–Kier alpha value is -1.59. The average Bonchev–Trinajstić information content (AvgIpc) is 2.62. The van der Waals surface area contributed by atoms with Crippen molar-refractivity contribution in [1.29, 1.82) is 0 Å². The van der Waals surface area contributed by atoms with E-state index in [0.29, 0.717) is 6.04 Å². The third-order valence-corrected chi connectivity index (χ3v) is 5.25. The zero-order valence-corrected chi connectivity index (χ0v) is 14.9. The summed E-state index contributed by atoms with van der Waals surface area (Å²) in [6.07, 6.45) is 2.50. The predicted molar refractivity (Wildman–Crippen MR) is 95.3 cm³/mol. The lowest BCUT2D eigenvalue weighted by atomic mass is 10.0. The number of benzene rings is 1. The maximum absolute atomic E-state index is 12.3. The number of hydrogen-bond donors (Lipinski definition) is 0. The number of rotatable bonds is 4. The van der Waals surface area contributed by atoms with E-state index in [0.717, 1.165) is 31.9 Å². The summed E-state index contributed by atoms with van der Waals surface area (Å²) in [5, 5.41) is 0. The van der Waals surface area contributed by atoms with Crippen LogP contribution in [-0.2, 0) is 4.79 Å². The van der Waals surface area contributed by atoms with E-state index in [4.69, 9.17) is 4.74 Å². The average molecular weight is 331 g/mol. The highest BCUT2D eigenvalue weighted by Gasteiger charge is 2.28. The van der Waals surface area contributed by atoms with Gasteiger partial charge in [0.2, 0.25) is 0 Å². The Balaban J connectivity index is 1.41. The number of aryl methyl sites for hydroxylation is 1. The Bertz CT molecular complexity index is 530. The molecule has 0 N–H and O–H groups in total. The number of carbonyl (C=O) groups is 1. The first-order valence-electron chi connectivity index (χ1n) is 9.01. The summed E-state index contributed by atoms with van der Waals surface area (Å²) in [4.78, 5) is 19.3. The van der Waals surface area contributed by atoms with Gasteiger partial charge in [0.05, 0.1) is 0 Å². The molecule has 1 aromatic rings. The fraction of sp³-hybridized carbons (Fsp3) is 0.632. The molecule has 0 aromatic heterocycles. The normalized spacial score (nSPS) is 21.0. The lowest BCUT2D eigenvalue weighted by Gasteiger charge is -2.42. The molecule has 1 amide bonds. The van der Waals surface area contributed by atoms with Crippen LogP contribution >= 0.6 is 0 Å². The number of likely N-dealkylation sites (tertiary alicyclic amines) is 1. The number of carbonyl (C=O) groups excluding carboxylic acids is 1. The molecular formula is C19H29N3O2. The molecule has 2 heterocycles. The molecule has 132 valence electrons. The number of ether oxygens (including phenoxy) is 1. The van der Waals surface area contributed by atoms with E-state index in [1.165, 1.54) is 31.5 Å². The highest BCUT2D eigenvalue weighted by atomic mass is 16.5. The first-order chi connectivity index (χ1) is 11.6. The molecule has 5 nitrogen and oxygen atoms in total. The molecule has 0 saturated carbocycles. The quantitative estimate of drug-likeness (QED) is 0.840. The summed E-state index contributed by atoms with van der Waals surface area (Å²) >= 11 is 0. The van der Waals surface area contributed by atoms with Crippen LogP contribution in [0.15, 0.2) is 24.3 Å². The highest BCUT2D eigenvalue weighted by molar-refractivity contribution is 5.77. The van der Waals surface area contributed by atoms with Crippen LogP contribution in [0.1, 0.15) is 18.4 Å². The standard InChI is InChI=1S/C19H29N3O2/c1-16-3-5-18(6-4-16)24-15-19(23)22-13-11-21(12-14-22)17-7-9-20(2)10-8-17/h3-6,17H,7-15H2,1-2H3. The SMILES string of the molecule is Cc1ccc(OCC(=O)N2CCN(C3CCN(C)CC3)CC2)cc1. The Morgan fingerprint density at radius 3 is 2.29 bits per heavy atom. The van der Waals surface area contributed by atoms with Gasteiger partial charge in [-0.2, -0.15) is 0 Å². The van der Waals surface area contributed by atoms with E-state index in [1.54, 1.807) is 0 Å². The van der Waals surface area contributed by atoms with Crippen molar-refractivity contribution < 1.29 is 9.53 Å². The molecule has 5 heteroatoms. The predicted octanol–water partition coefficient (Wildman–Crippen LogP) is 1.61. The number of amides is 1. The van der Waals surface area contributed by atoms with Gasteiger partial charge in [0.25, 0.3) is 5.91 Å². The summed E-state index contributed by atoms with van der Waals surface area (Å²) in [6, 6.07) is 8.53. The van der Waals surface area contributed by atoms with Gasteiger partial charge >= 0.3 is 0 Å². The molecule has 2 fully saturated rings. The number of piperazine rings is 1. The molecule has 2 saturated heterocycles. The van der Waals surface area contributed by atoms with Gasteiger partial charge in [0, 0.05) is 32.2 Å².